The standard InChI is InChI=1S/C53H57Cl2FN6O6/c1-49(18-15-31-7-5-8-33-35(31)30-62(46(33)66)39-13-14-40(63)58-44(39)64)25-27-61(28-26-49)48(68)50-19-22-51(23-20-50,24-21-50)60-45(65)43-41(34-9-6-10-37(55)42(34)56)53(52(59-43)16-3-2-4-17-52)36-12-11-32(54)29-38(36)57-47(53)67/h5-12,15,18,29,39,41,43,59H,2-4,13-14,16-17,19-28,30H2,1H3,(H,57,67)(H,60,65)(H,58,63,64)/b18-15-/t39?,41-,43+,50?,51?,53+/m0/s1. The van der Waals surface area contributed by atoms with Gasteiger partial charge in [-0.25, -0.2) is 4.39 Å². The molecule has 3 aromatic rings. The van der Waals surface area contributed by atoms with Crippen molar-refractivity contribution in [1.82, 2.24) is 25.8 Å². The predicted molar refractivity (Wildman–Crippen MR) is 255 cm³/mol. The number of amides is 6. The van der Waals surface area contributed by atoms with Gasteiger partial charge in [-0.1, -0.05) is 91.9 Å². The van der Waals surface area contributed by atoms with Gasteiger partial charge in [0.05, 0.1) is 11.1 Å². The first kappa shape index (κ1) is 45.3. The molecule has 1 unspecified atom stereocenters. The van der Waals surface area contributed by atoms with Gasteiger partial charge in [-0.15, -0.1) is 0 Å². The second-order valence-electron chi connectivity index (χ2n) is 21.4. The maximum absolute atomic E-state index is 16.5. The smallest absolute Gasteiger partial charge is 0.255 e. The van der Waals surface area contributed by atoms with E-state index in [0.29, 0.717) is 99.3 Å². The number of nitrogens with zero attached hydrogens (tertiary/aromatic N) is 2. The molecule has 0 aromatic heterocycles. The summed E-state index contributed by atoms with van der Waals surface area (Å²) >= 11 is 12.9. The lowest BCUT2D eigenvalue weighted by Gasteiger charge is -2.54. The van der Waals surface area contributed by atoms with Crippen molar-refractivity contribution in [3.8, 4) is 0 Å². The van der Waals surface area contributed by atoms with Crippen LogP contribution in [0.15, 0.2) is 60.7 Å². The molecule has 6 amide bonds. The molecule has 4 N–H and O–H groups in total. The summed E-state index contributed by atoms with van der Waals surface area (Å²) < 4.78 is 16.5. The number of piperidine rings is 2. The summed E-state index contributed by atoms with van der Waals surface area (Å²) in [6.07, 6.45) is 14.2. The van der Waals surface area contributed by atoms with E-state index in [1.807, 2.05) is 23.1 Å². The van der Waals surface area contributed by atoms with Crippen LogP contribution in [0, 0.1) is 16.6 Å². The Morgan fingerprint density at radius 1 is 0.853 bits per heavy atom. The molecule has 356 valence electrons. The number of allylic oxidation sites excluding steroid dienone is 1. The summed E-state index contributed by atoms with van der Waals surface area (Å²) in [6, 6.07) is 14.2. The number of imide groups is 1. The van der Waals surface area contributed by atoms with Crippen LogP contribution in [0.2, 0.25) is 10.0 Å². The van der Waals surface area contributed by atoms with E-state index in [9.17, 15) is 24.0 Å². The molecule has 5 aliphatic heterocycles. The molecule has 2 spiro atoms. The lowest BCUT2D eigenvalue weighted by molar-refractivity contribution is -0.152. The Labute approximate surface area is 405 Å². The number of carbonyl (C=O) groups is 6. The van der Waals surface area contributed by atoms with E-state index >= 15 is 9.18 Å². The van der Waals surface area contributed by atoms with E-state index in [1.54, 1.807) is 35.2 Å². The summed E-state index contributed by atoms with van der Waals surface area (Å²) in [6.45, 7) is 3.76. The topological polar surface area (TPSA) is 157 Å². The molecule has 15 heteroatoms. The van der Waals surface area contributed by atoms with E-state index in [-0.39, 0.29) is 52.0 Å². The molecule has 4 atom stereocenters. The van der Waals surface area contributed by atoms with Crippen LogP contribution < -0.4 is 21.3 Å². The van der Waals surface area contributed by atoms with Gasteiger partial charge in [0.1, 0.15) is 17.3 Å². The lowest BCUT2D eigenvalue weighted by Crippen LogP contribution is -2.63. The van der Waals surface area contributed by atoms with Crippen LogP contribution in [0.25, 0.3) is 6.08 Å². The van der Waals surface area contributed by atoms with Gasteiger partial charge >= 0.3 is 0 Å². The van der Waals surface area contributed by atoms with Crippen molar-refractivity contribution in [3.63, 3.8) is 0 Å². The number of rotatable bonds is 7. The van der Waals surface area contributed by atoms with Gasteiger partial charge in [-0.05, 0) is 123 Å². The van der Waals surface area contributed by atoms with Gasteiger partial charge in [-0.3, -0.25) is 39.4 Å². The highest BCUT2D eigenvalue weighted by Crippen LogP contribution is 2.63. The van der Waals surface area contributed by atoms with Crippen LogP contribution in [0.4, 0.5) is 10.1 Å². The number of benzene rings is 3. The van der Waals surface area contributed by atoms with Crippen molar-refractivity contribution in [2.45, 2.75) is 144 Å². The molecule has 3 aromatic carbocycles. The predicted octanol–water partition coefficient (Wildman–Crippen LogP) is 8.09. The first-order chi connectivity index (χ1) is 32.6. The molecule has 3 saturated heterocycles. The molecular weight excluding hydrogens is 907 g/mol. The molecule has 2 bridgehead atoms. The molecule has 4 aliphatic carbocycles. The fraction of sp³-hybridized carbons (Fsp3) is 0.509. The summed E-state index contributed by atoms with van der Waals surface area (Å²) in [7, 11) is 0. The molecule has 7 fully saturated rings. The van der Waals surface area contributed by atoms with Crippen molar-refractivity contribution in [2.24, 2.45) is 10.8 Å². The number of halogens is 3. The van der Waals surface area contributed by atoms with Gasteiger partial charge < -0.3 is 20.4 Å². The van der Waals surface area contributed by atoms with Crippen LogP contribution in [-0.2, 0) is 35.9 Å². The summed E-state index contributed by atoms with van der Waals surface area (Å²) in [4.78, 5) is 86.0. The Morgan fingerprint density at radius 3 is 2.29 bits per heavy atom. The minimum Gasteiger partial charge on any atom is -0.349 e. The fourth-order valence-electron chi connectivity index (χ4n) is 14.0. The van der Waals surface area contributed by atoms with Crippen LogP contribution in [0.3, 0.4) is 0 Å². The average Bonchev–Trinajstić information content (AvgIpc) is 3.93. The SMILES string of the molecule is CC1(/C=C\c2cccc3c2CN(C2CCC(=O)NC2=O)C3=O)CCN(C(=O)C23CCC(NC(=O)[C@@H]4NC5(CCCCC5)[C@@]5(C(=O)Nc6cc(Cl)ccc65)[C@H]4c4cccc(Cl)c4F)(CC2)CC3)CC1. The zero-order chi connectivity index (χ0) is 47.4. The third-order valence-electron chi connectivity index (χ3n) is 17.9. The van der Waals surface area contributed by atoms with E-state index < -0.39 is 51.6 Å². The number of anilines is 1. The van der Waals surface area contributed by atoms with Crippen molar-refractivity contribution in [3.05, 3.63) is 104 Å². The Balaban J connectivity index is 0.777. The maximum Gasteiger partial charge on any atom is 0.255 e. The van der Waals surface area contributed by atoms with Gasteiger partial charge in [0, 0.05) is 64.7 Å². The highest BCUT2D eigenvalue weighted by Gasteiger charge is 2.72. The van der Waals surface area contributed by atoms with E-state index in [4.69, 9.17) is 23.2 Å². The Bertz CT molecular complexity index is 2690. The van der Waals surface area contributed by atoms with E-state index in [0.717, 1.165) is 43.2 Å². The zero-order valence-electron chi connectivity index (χ0n) is 38.3. The zero-order valence-corrected chi connectivity index (χ0v) is 39.8. The van der Waals surface area contributed by atoms with Crippen LogP contribution in [-0.4, -0.2) is 81.5 Å². The van der Waals surface area contributed by atoms with Crippen LogP contribution >= 0.6 is 23.2 Å². The summed E-state index contributed by atoms with van der Waals surface area (Å²) in [5.41, 5.74) is 0.530. The van der Waals surface area contributed by atoms with Gasteiger partial charge in [-0.2, -0.15) is 0 Å². The van der Waals surface area contributed by atoms with Crippen molar-refractivity contribution < 1.29 is 33.2 Å². The fourth-order valence-corrected chi connectivity index (χ4v) is 14.4. The Hall–Kier alpha value is -5.11. The number of hydrogen-bond acceptors (Lipinski definition) is 7. The average molecular weight is 964 g/mol. The Kier molecular flexibility index (Phi) is 11.0. The normalized spacial score (nSPS) is 31.3. The van der Waals surface area contributed by atoms with Crippen LogP contribution in [0.5, 0.6) is 0 Å². The Morgan fingerprint density at radius 2 is 1.57 bits per heavy atom. The molecule has 5 heterocycles. The van der Waals surface area contributed by atoms with Gasteiger partial charge in [0.2, 0.25) is 29.5 Å². The molecule has 9 aliphatic rings. The maximum atomic E-state index is 16.5. The number of fused-ring (bicyclic) bond motifs is 7. The van der Waals surface area contributed by atoms with Crippen molar-refractivity contribution in [2.75, 3.05) is 18.4 Å². The third-order valence-corrected chi connectivity index (χ3v) is 18.4. The van der Waals surface area contributed by atoms with E-state index in [1.165, 1.54) is 6.07 Å². The second-order valence-corrected chi connectivity index (χ2v) is 22.3. The first-order valence-electron chi connectivity index (χ1n) is 24.5. The molecule has 12 nitrogen and oxygen atoms in total. The lowest BCUT2D eigenvalue weighted by atomic mass is 9.55. The molecule has 12 rings (SSSR count). The summed E-state index contributed by atoms with van der Waals surface area (Å²) in [5.74, 6) is -2.85. The van der Waals surface area contributed by atoms with Crippen molar-refractivity contribution >= 4 is 70.4 Å². The number of nitrogens with one attached hydrogen (secondary N) is 4. The monoisotopic (exact) mass is 962 g/mol. The van der Waals surface area contributed by atoms with Gasteiger partial charge in [0.25, 0.3) is 5.91 Å². The number of carbonyl (C=O) groups excluding carboxylic acids is 6. The van der Waals surface area contributed by atoms with Crippen molar-refractivity contribution in [1.29, 1.82) is 0 Å². The molecular formula is C53H57Cl2FN6O6. The highest BCUT2D eigenvalue weighted by atomic mass is 35.5. The minimum absolute atomic E-state index is 0.0690. The van der Waals surface area contributed by atoms with E-state index in [2.05, 4.69) is 40.3 Å². The third kappa shape index (κ3) is 6.98. The number of hydrogen-bond donors (Lipinski definition) is 4. The number of likely N-dealkylation sites (tertiary alicyclic amines) is 1. The summed E-state index contributed by atoms with van der Waals surface area (Å²) in [5, 5.41) is 13.1. The largest absolute Gasteiger partial charge is 0.349 e. The second kappa shape index (κ2) is 16.5. The van der Waals surface area contributed by atoms with Crippen LogP contribution in [0.1, 0.15) is 142 Å². The molecule has 68 heavy (non-hydrogen) atoms. The molecule has 4 saturated carbocycles. The van der Waals surface area contributed by atoms with Gasteiger partial charge in [0.15, 0.2) is 0 Å². The first-order valence-corrected chi connectivity index (χ1v) is 25.3. The molecule has 0 radical (unpaired) electrons. The highest BCUT2D eigenvalue weighted by molar-refractivity contribution is 6.31. The quantitative estimate of drug-likeness (QED) is 0.175. The minimum atomic E-state index is -1.32.